The van der Waals surface area contributed by atoms with E-state index in [1.807, 2.05) is 30.3 Å². The number of ether oxygens (including phenoxy) is 1. The molecule has 0 aliphatic rings. The molecule has 9 nitrogen and oxygen atoms in total. The molecule has 0 amide bonds. The second-order valence-corrected chi connectivity index (χ2v) is 12.3. The van der Waals surface area contributed by atoms with Gasteiger partial charge in [-0.1, -0.05) is 54.1 Å². The average molecular weight is 604 g/mol. The lowest BCUT2D eigenvalue weighted by Crippen LogP contribution is -2.47. The third-order valence-electron chi connectivity index (χ3n) is 5.82. The summed E-state index contributed by atoms with van der Waals surface area (Å²) in [5.41, 5.74) is 3.69. The molecule has 3 aromatic carbocycles. The smallest absolute Gasteiger partial charge is 0.285 e. The highest BCUT2D eigenvalue weighted by Crippen LogP contribution is 2.32. The molecule has 42 heavy (non-hydrogen) atoms. The normalized spacial score (nSPS) is 12.8. The quantitative estimate of drug-likeness (QED) is 0.137. The Balaban J connectivity index is 1.68. The van der Waals surface area contributed by atoms with Gasteiger partial charge in [0, 0.05) is 28.9 Å². The van der Waals surface area contributed by atoms with Gasteiger partial charge in [-0.05, 0) is 74.4 Å². The zero-order valence-electron chi connectivity index (χ0n) is 23.2. The number of nitrogens with zero attached hydrogens (tertiary/aromatic N) is 3. The van der Waals surface area contributed by atoms with E-state index in [0.717, 1.165) is 16.7 Å². The summed E-state index contributed by atoms with van der Waals surface area (Å²) < 4.78 is 35.4. The number of pyridine rings is 1. The second-order valence-electron chi connectivity index (χ2n) is 10.2. The van der Waals surface area contributed by atoms with Crippen LogP contribution in [0.3, 0.4) is 0 Å². The van der Waals surface area contributed by atoms with E-state index in [-0.39, 0.29) is 17.4 Å². The summed E-state index contributed by atoms with van der Waals surface area (Å²) in [6.45, 7) is 5.36. The first kappa shape index (κ1) is 30.7. The average Bonchev–Trinajstić information content (AvgIpc) is 2.95. The van der Waals surface area contributed by atoms with Crippen LogP contribution in [0.2, 0.25) is 5.02 Å². The summed E-state index contributed by atoms with van der Waals surface area (Å²) >= 11 is 6.10. The van der Waals surface area contributed by atoms with Gasteiger partial charge in [0.25, 0.3) is 10.0 Å². The summed E-state index contributed by atoms with van der Waals surface area (Å²) in [5, 5.41) is 25.8. The van der Waals surface area contributed by atoms with Crippen molar-refractivity contribution < 1.29 is 18.3 Å². The molecule has 0 saturated heterocycles. The fourth-order valence-corrected chi connectivity index (χ4v) is 5.02. The van der Waals surface area contributed by atoms with Crippen molar-refractivity contribution in [2.45, 2.75) is 44.2 Å². The first-order chi connectivity index (χ1) is 19.9. The van der Waals surface area contributed by atoms with Crippen molar-refractivity contribution in [3.05, 3.63) is 107 Å². The SMILES string of the molecule is CC(C)(C)OC(O)N/C(=N\S(=O)(=O)c1ccccc1)NCc1cnc(-c2ccc(Cl)cc2)c(-c2ccc(C#N)cc2)c1. The van der Waals surface area contributed by atoms with E-state index in [4.69, 9.17) is 21.3 Å². The van der Waals surface area contributed by atoms with Crippen LogP contribution < -0.4 is 10.6 Å². The molecule has 0 saturated carbocycles. The molecule has 4 aromatic rings. The molecule has 216 valence electrons. The summed E-state index contributed by atoms with van der Waals surface area (Å²) in [5.74, 6) is -0.211. The van der Waals surface area contributed by atoms with Gasteiger partial charge in [-0.25, -0.2) is 0 Å². The number of sulfonamides is 1. The van der Waals surface area contributed by atoms with Crippen molar-refractivity contribution in [2.24, 2.45) is 4.40 Å². The third-order valence-corrected chi connectivity index (χ3v) is 7.37. The van der Waals surface area contributed by atoms with E-state index in [1.165, 1.54) is 12.1 Å². The summed E-state index contributed by atoms with van der Waals surface area (Å²) in [6.07, 6.45) is 0.122. The van der Waals surface area contributed by atoms with Gasteiger partial charge < -0.3 is 20.5 Å². The van der Waals surface area contributed by atoms with Crippen LogP contribution >= 0.6 is 11.6 Å². The van der Waals surface area contributed by atoms with Gasteiger partial charge in [0.15, 0.2) is 0 Å². The van der Waals surface area contributed by atoms with E-state index in [1.54, 1.807) is 69.4 Å². The van der Waals surface area contributed by atoms with Crippen molar-refractivity contribution in [1.29, 1.82) is 5.26 Å². The Morgan fingerprint density at radius 2 is 1.69 bits per heavy atom. The monoisotopic (exact) mass is 603 g/mol. The number of aliphatic hydroxyl groups excluding tert-OH is 1. The van der Waals surface area contributed by atoms with E-state index < -0.39 is 22.0 Å². The second kappa shape index (κ2) is 13.1. The molecule has 3 N–H and O–H groups in total. The van der Waals surface area contributed by atoms with E-state index in [2.05, 4.69) is 21.1 Å². The molecular formula is C31H30ClN5O4S. The van der Waals surface area contributed by atoms with Crippen LogP contribution in [0, 0.1) is 11.3 Å². The Morgan fingerprint density at radius 3 is 2.31 bits per heavy atom. The first-order valence-electron chi connectivity index (χ1n) is 13.0. The van der Waals surface area contributed by atoms with Crippen LogP contribution in [0.5, 0.6) is 0 Å². The van der Waals surface area contributed by atoms with Crippen molar-refractivity contribution in [3.63, 3.8) is 0 Å². The highest BCUT2D eigenvalue weighted by Gasteiger charge is 2.20. The fraction of sp³-hybridized carbons (Fsp3) is 0.194. The van der Waals surface area contributed by atoms with Crippen LogP contribution in [0.4, 0.5) is 0 Å². The van der Waals surface area contributed by atoms with Crippen molar-refractivity contribution in [3.8, 4) is 28.5 Å². The minimum absolute atomic E-state index is 0.00517. The highest BCUT2D eigenvalue weighted by atomic mass is 35.5. The maximum atomic E-state index is 13.0. The molecule has 1 aromatic heterocycles. The molecule has 0 radical (unpaired) electrons. The van der Waals surface area contributed by atoms with Crippen LogP contribution in [0.25, 0.3) is 22.4 Å². The molecule has 0 bridgehead atoms. The molecule has 0 spiro atoms. The molecule has 1 heterocycles. The molecule has 4 rings (SSSR count). The number of hydrogen-bond donors (Lipinski definition) is 3. The Bertz CT molecular complexity index is 1700. The number of nitriles is 1. The van der Waals surface area contributed by atoms with Gasteiger partial charge in [-0.15, -0.1) is 4.40 Å². The van der Waals surface area contributed by atoms with Gasteiger partial charge in [0.1, 0.15) is 0 Å². The van der Waals surface area contributed by atoms with Crippen LogP contribution in [0.15, 0.2) is 100 Å². The molecule has 0 aliphatic heterocycles. The number of halogens is 1. The standard InChI is InChI=1S/C31H30ClN5O4S/c1-31(2,3)41-30(38)36-29(37-42(39,40)26-7-5-4-6-8-26)35-20-22-17-27(23-11-9-21(18-33)10-12-23)28(34-19-22)24-13-15-25(32)16-14-24/h4-17,19,30,38H,20H2,1-3H3,(H2,35,36,37). The maximum Gasteiger partial charge on any atom is 0.285 e. The topological polar surface area (TPSA) is 137 Å². The van der Waals surface area contributed by atoms with E-state index in [0.29, 0.717) is 21.8 Å². The van der Waals surface area contributed by atoms with Crippen molar-refractivity contribution >= 4 is 27.6 Å². The molecule has 1 unspecified atom stereocenters. The predicted octanol–water partition coefficient (Wildman–Crippen LogP) is 5.46. The minimum atomic E-state index is -4.11. The van der Waals surface area contributed by atoms with Gasteiger partial charge >= 0.3 is 0 Å². The molecule has 11 heteroatoms. The Morgan fingerprint density at radius 1 is 1.05 bits per heavy atom. The lowest BCUT2D eigenvalue weighted by atomic mass is 9.97. The van der Waals surface area contributed by atoms with Crippen LogP contribution in [0.1, 0.15) is 31.9 Å². The molecule has 0 fully saturated rings. The Hall–Kier alpha value is -4.27. The number of guanidine groups is 1. The summed E-state index contributed by atoms with van der Waals surface area (Å²) in [7, 11) is -4.11. The largest absolute Gasteiger partial charge is 0.351 e. The van der Waals surface area contributed by atoms with Crippen LogP contribution in [-0.4, -0.2) is 36.5 Å². The van der Waals surface area contributed by atoms with Gasteiger partial charge in [-0.3, -0.25) is 4.98 Å². The number of rotatable bonds is 8. The molecule has 0 aliphatic carbocycles. The zero-order valence-corrected chi connectivity index (χ0v) is 24.8. The number of aliphatic hydroxyl groups is 1. The first-order valence-corrected chi connectivity index (χ1v) is 14.8. The number of benzene rings is 3. The lowest BCUT2D eigenvalue weighted by Gasteiger charge is -2.25. The van der Waals surface area contributed by atoms with Crippen molar-refractivity contribution in [1.82, 2.24) is 15.6 Å². The number of aromatic nitrogens is 1. The molecular weight excluding hydrogens is 574 g/mol. The third kappa shape index (κ3) is 8.38. The van der Waals surface area contributed by atoms with Crippen molar-refractivity contribution in [2.75, 3.05) is 0 Å². The van der Waals surface area contributed by atoms with Gasteiger partial charge in [0.2, 0.25) is 12.4 Å². The zero-order chi connectivity index (χ0) is 30.3. The Kier molecular flexibility index (Phi) is 9.60. The Labute approximate surface area is 250 Å². The minimum Gasteiger partial charge on any atom is -0.351 e. The van der Waals surface area contributed by atoms with E-state index in [9.17, 15) is 18.8 Å². The molecule has 1 atom stereocenters. The summed E-state index contributed by atoms with van der Waals surface area (Å²) in [6, 6.07) is 26.2. The van der Waals surface area contributed by atoms with Crippen LogP contribution in [-0.2, 0) is 21.3 Å². The number of nitrogens with one attached hydrogen (secondary N) is 2. The maximum absolute atomic E-state index is 13.0. The van der Waals surface area contributed by atoms with Gasteiger partial charge in [0.05, 0.1) is 27.8 Å². The highest BCUT2D eigenvalue weighted by molar-refractivity contribution is 7.90. The predicted molar refractivity (Wildman–Crippen MR) is 163 cm³/mol. The number of hydrogen-bond acceptors (Lipinski definition) is 6. The van der Waals surface area contributed by atoms with E-state index >= 15 is 0 Å². The fourth-order valence-electron chi connectivity index (χ4n) is 3.93. The lowest BCUT2D eigenvalue weighted by molar-refractivity contribution is -0.172. The summed E-state index contributed by atoms with van der Waals surface area (Å²) in [4.78, 5) is 4.70. The van der Waals surface area contributed by atoms with Gasteiger partial charge in [-0.2, -0.15) is 13.7 Å².